The first-order chi connectivity index (χ1) is 8.04. The lowest BCUT2D eigenvalue weighted by molar-refractivity contribution is -0.117. The molecule has 1 fully saturated rings. The van der Waals surface area contributed by atoms with Crippen molar-refractivity contribution in [2.45, 2.75) is 6.42 Å². The molecule has 1 aromatic heterocycles. The number of nitrogens with two attached hydrogens (primary N) is 1. The van der Waals surface area contributed by atoms with Crippen molar-refractivity contribution in [2.24, 2.45) is 5.92 Å². The molecule has 1 aliphatic rings. The van der Waals surface area contributed by atoms with Crippen molar-refractivity contribution >= 4 is 60.7 Å². The van der Waals surface area contributed by atoms with Crippen molar-refractivity contribution in [3.05, 3.63) is 15.3 Å². The van der Waals surface area contributed by atoms with Gasteiger partial charge in [-0.05, 0) is 37.8 Å². The van der Waals surface area contributed by atoms with Crippen LogP contribution in [0.25, 0.3) is 0 Å². The molecule has 1 aromatic rings. The molecule has 0 aromatic carbocycles. The van der Waals surface area contributed by atoms with Crippen molar-refractivity contribution in [2.75, 3.05) is 23.1 Å². The van der Waals surface area contributed by atoms with Crippen LogP contribution in [0.5, 0.6) is 0 Å². The summed E-state index contributed by atoms with van der Waals surface area (Å²) in [4.78, 5) is 17.7. The smallest absolute Gasteiger partial charge is 0.227 e. The van der Waals surface area contributed by atoms with E-state index in [9.17, 15) is 4.79 Å². The standard InChI is InChI=1S/C10H10Br2ClN3O/c11-6-3-15-10(12)9(8(6)14)16-4-5(2-13)1-7(16)17/h3,5H,1-2,4H2,(H2,14,15). The molecule has 2 rings (SSSR count). The molecule has 1 unspecified atom stereocenters. The summed E-state index contributed by atoms with van der Waals surface area (Å²) in [5, 5.41) is 0. The lowest BCUT2D eigenvalue weighted by Crippen LogP contribution is -2.26. The predicted octanol–water partition coefficient (Wildman–Crippen LogP) is 2.78. The summed E-state index contributed by atoms with van der Waals surface area (Å²) < 4.78 is 1.25. The van der Waals surface area contributed by atoms with Crippen molar-refractivity contribution < 1.29 is 4.79 Å². The molecule has 2 N–H and O–H groups in total. The largest absolute Gasteiger partial charge is 0.396 e. The zero-order chi connectivity index (χ0) is 12.6. The van der Waals surface area contributed by atoms with Crippen molar-refractivity contribution in [1.82, 2.24) is 4.98 Å². The van der Waals surface area contributed by atoms with E-state index in [1.807, 2.05) is 0 Å². The molecule has 1 atom stereocenters. The minimum atomic E-state index is 0.0305. The number of alkyl halides is 1. The molecule has 7 heteroatoms. The first-order valence-electron chi connectivity index (χ1n) is 5.00. The van der Waals surface area contributed by atoms with Gasteiger partial charge in [0.25, 0.3) is 0 Å². The van der Waals surface area contributed by atoms with Crippen molar-refractivity contribution in [1.29, 1.82) is 0 Å². The molecule has 0 saturated carbocycles. The zero-order valence-electron chi connectivity index (χ0n) is 8.79. The molecule has 1 saturated heterocycles. The fraction of sp³-hybridized carbons (Fsp3) is 0.400. The number of aromatic nitrogens is 1. The quantitative estimate of drug-likeness (QED) is 0.631. The van der Waals surface area contributed by atoms with E-state index in [4.69, 9.17) is 17.3 Å². The van der Waals surface area contributed by atoms with Gasteiger partial charge >= 0.3 is 0 Å². The third kappa shape index (κ3) is 2.44. The molecule has 0 radical (unpaired) electrons. The number of nitrogen functional groups attached to an aromatic ring is 1. The van der Waals surface area contributed by atoms with Gasteiger partial charge in [0.05, 0.1) is 10.2 Å². The van der Waals surface area contributed by atoms with Gasteiger partial charge in [0.2, 0.25) is 5.91 Å². The second-order valence-corrected chi connectivity index (χ2v) is 5.80. The Bertz CT molecular complexity index is 469. The van der Waals surface area contributed by atoms with E-state index < -0.39 is 0 Å². The molecule has 4 nitrogen and oxygen atoms in total. The number of amides is 1. The summed E-state index contributed by atoms with van der Waals surface area (Å²) in [5.41, 5.74) is 7.10. The number of carbonyl (C=O) groups excluding carboxylic acids is 1. The van der Waals surface area contributed by atoms with E-state index in [0.29, 0.717) is 39.3 Å². The van der Waals surface area contributed by atoms with Gasteiger partial charge in [-0.25, -0.2) is 4.98 Å². The van der Waals surface area contributed by atoms with E-state index in [-0.39, 0.29) is 11.8 Å². The zero-order valence-corrected chi connectivity index (χ0v) is 12.7. The minimum Gasteiger partial charge on any atom is -0.396 e. The van der Waals surface area contributed by atoms with Crippen LogP contribution in [0, 0.1) is 5.92 Å². The van der Waals surface area contributed by atoms with Crippen LogP contribution < -0.4 is 10.6 Å². The fourth-order valence-electron chi connectivity index (χ4n) is 1.83. The third-order valence-corrected chi connectivity index (χ3v) is 4.34. The Labute approximate surface area is 121 Å². The lowest BCUT2D eigenvalue weighted by atomic mass is 10.1. The summed E-state index contributed by atoms with van der Waals surface area (Å²) >= 11 is 12.4. The highest BCUT2D eigenvalue weighted by Gasteiger charge is 2.32. The normalized spacial score (nSPS) is 20.1. The number of nitrogens with zero attached hydrogens (tertiary/aromatic N) is 2. The highest BCUT2D eigenvalue weighted by atomic mass is 79.9. The summed E-state index contributed by atoms with van der Waals surface area (Å²) in [7, 11) is 0. The van der Waals surface area contributed by atoms with Crippen LogP contribution in [0.3, 0.4) is 0 Å². The molecule has 0 aliphatic carbocycles. The van der Waals surface area contributed by atoms with Gasteiger partial charge in [0, 0.05) is 25.0 Å². The molecular weight excluding hydrogens is 373 g/mol. The Morgan fingerprint density at radius 1 is 1.59 bits per heavy atom. The van der Waals surface area contributed by atoms with Gasteiger partial charge in [-0.15, -0.1) is 11.6 Å². The number of pyridine rings is 1. The highest BCUT2D eigenvalue weighted by molar-refractivity contribution is 9.11. The predicted molar refractivity (Wildman–Crippen MR) is 75.2 cm³/mol. The summed E-state index contributed by atoms with van der Waals surface area (Å²) in [6.07, 6.45) is 2.06. The fourth-order valence-corrected chi connectivity index (χ4v) is 2.85. The van der Waals surface area contributed by atoms with Crippen LogP contribution in [0.1, 0.15) is 6.42 Å². The minimum absolute atomic E-state index is 0.0305. The summed E-state index contributed by atoms with van der Waals surface area (Å²) in [5.74, 6) is 0.679. The molecule has 2 heterocycles. The SMILES string of the molecule is Nc1c(Br)cnc(Br)c1N1CC(CCl)CC1=O. The average Bonchev–Trinajstić information content (AvgIpc) is 2.66. The Morgan fingerprint density at radius 2 is 2.29 bits per heavy atom. The topological polar surface area (TPSA) is 59.2 Å². The van der Waals surface area contributed by atoms with E-state index >= 15 is 0 Å². The van der Waals surface area contributed by atoms with Crippen LogP contribution in [-0.4, -0.2) is 23.3 Å². The number of halogens is 3. The molecule has 0 bridgehead atoms. The average molecular weight is 383 g/mol. The van der Waals surface area contributed by atoms with Gasteiger partial charge in [0.1, 0.15) is 10.3 Å². The monoisotopic (exact) mass is 381 g/mol. The van der Waals surface area contributed by atoms with Crippen molar-refractivity contribution in [3.63, 3.8) is 0 Å². The number of hydrogen-bond acceptors (Lipinski definition) is 3. The van der Waals surface area contributed by atoms with Gasteiger partial charge < -0.3 is 10.6 Å². The van der Waals surface area contributed by atoms with E-state index in [1.54, 1.807) is 11.1 Å². The first kappa shape index (κ1) is 13.1. The molecular formula is C10H10Br2ClN3O. The maximum Gasteiger partial charge on any atom is 0.227 e. The lowest BCUT2D eigenvalue weighted by Gasteiger charge is -2.20. The molecule has 17 heavy (non-hydrogen) atoms. The molecule has 1 amide bonds. The van der Waals surface area contributed by atoms with Crippen molar-refractivity contribution in [3.8, 4) is 0 Å². The van der Waals surface area contributed by atoms with Crippen LogP contribution in [-0.2, 0) is 4.79 Å². The number of carbonyl (C=O) groups is 1. The first-order valence-corrected chi connectivity index (χ1v) is 7.12. The molecule has 1 aliphatic heterocycles. The summed E-state index contributed by atoms with van der Waals surface area (Å²) in [6, 6.07) is 0. The maximum atomic E-state index is 11.9. The van der Waals surface area contributed by atoms with E-state index in [1.165, 1.54) is 0 Å². The van der Waals surface area contributed by atoms with Gasteiger partial charge in [-0.3, -0.25) is 4.79 Å². The Morgan fingerprint density at radius 3 is 2.88 bits per heavy atom. The third-order valence-electron chi connectivity index (χ3n) is 2.69. The van der Waals surface area contributed by atoms with Crippen LogP contribution in [0.4, 0.5) is 11.4 Å². The molecule has 0 spiro atoms. The summed E-state index contributed by atoms with van der Waals surface area (Å²) in [6.45, 7) is 0.587. The Hall–Kier alpha value is -0.330. The van der Waals surface area contributed by atoms with Gasteiger partial charge in [0.15, 0.2) is 0 Å². The van der Waals surface area contributed by atoms with Gasteiger partial charge in [-0.1, -0.05) is 0 Å². The second kappa shape index (κ2) is 5.12. The second-order valence-electron chi connectivity index (χ2n) is 3.89. The molecule has 92 valence electrons. The van der Waals surface area contributed by atoms with Gasteiger partial charge in [-0.2, -0.15) is 0 Å². The Kier molecular flexibility index (Phi) is 3.95. The maximum absolute atomic E-state index is 11.9. The number of hydrogen-bond donors (Lipinski definition) is 1. The van der Waals surface area contributed by atoms with E-state index in [0.717, 1.165) is 0 Å². The Balaban J connectivity index is 2.41. The highest BCUT2D eigenvalue weighted by Crippen LogP contribution is 2.38. The number of anilines is 2. The van der Waals surface area contributed by atoms with Crippen LogP contribution in [0.15, 0.2) is 15.3 Å². The van der Waals surface area contributed by atoms with Crippen LogP contribution in [0.2, 0.25) is 0 Å². The number of rotatable bonds is 2. The van der Waals surface area contributed by atoms with E-state index in [2.05, 4.69) is 36.8 Å². The van der Waals surface area contributed by atoms with Crippen LogP contribution >= 0.6 is 43.5 Å².